The van der Waals surface area contributed by atoms with Crippen LogP contribution in [0.1, 0.15) is 44.5 Å². The van der Waals surface area contributed by atoms with Gasteiger partial charge in [0.05, 0.1) is 0 Å². The second-order valence-corrected chi connectivity index (χ2v) is 6.68. The van der Waals surface area contributed by atoms with E-state index in [1.54, 1.807) is 0 Å². The Bertz CT molecular complexity index is 703. The van der Waals surface area contributed by atoms with Crippen molar-refractivity contribution in [3.63, 3.8) is 0 Å². The molecule has 0 nitrogen and oxygen atoms in total. The van der Waals surface area contributed by atoms with Crippen molar-refractivity contribution in [2.75, 3.05) is 0 Å². The van der Waals surface area contributed by atoms with Gasteiger partial charge in [-0.05, 0) is 6.92 Å². The van der Waals surface area contributed by atoms with Gasteiger partial charge < -0.3 is 9.41 Å². The summed E-state index contributed by atoms with van der Waals surface area (Å²) in [6.07, 6.45) is 0. The molecule has 0 unspecified atom stereocenters. The molecular formula is C22H28F2Zr. The fourth-order valence-electron chi connectivity index (χ4n) is 3.14. The van der Waals surface area contributed by atoms with Crippen LogP contribution >= 0.6 is 0 Å². The van der Waals surface area contributed by atoms with Gasteiger partial charge in [0, 0.05) is 0 Å². The van der Waals surface area contributed by atoms with E-state index in [4.69, 9.17) is 0 Å². The Labute approximate surface area is 170 Å². The van der Waals surface area contributed by atoms with E-state index in [-0.39, 0.29) is 35.6 Å². The van der Waals surface area contributed by atoms with Crippen LogP contribution in [0, 0.1) is 55.4 Å². The van der Waals surface area contributed by atoms with Crippen LogP contribution in [0.2, 0.25) is 0 Å². The van der Waals surface area contributed by atoms with E-state index in [9.17, 15) is 0 Å². The van der Waals surface area contributed by atoms with Crippen LogP contribution in [0.25, 0.3) is 10.8 Å². The fourth-order valence-corrected chi connectivity index (χ4v) is 3.14. The second-order valence-electron chi connectivity index (χ2n) is 6.68. The summed E-state index contributed by atoms with van der Waals surface area (Å²) in [5, 5.41) is 2.82. The predicted octanol–water partition coefficient (Wildman–Crippen LogP) is 0.437. The number of halogens is 2. The molecule has 0 radical (unpaired) electrons. The molecular weight excluding hydrogens is 393 g/mol. The molecule has 0 atom stereocenters. The van der Waals surface area contributed by atoms with Gasteiger partial charge in [-0.3, -0.25) is 0 Å². The zero-order valence-corrected chi connectivity index (χ0v) is 19.0. The summed E-state index contributed by atoms with van der Waals surface area (Å²) in [6, 6.07) is 8.91. The molecule has 0 saturated carbocycles. The average molecular weight is 422 g/mol. The summed E-state index contributed by atoms with van der Waals surface area (Å²) in [5.41, 5.74) is 11.5. The van der Waals surface area contributed by atoms with Crippen LogP contribution in [-0.4, -0.2) is 0 Å². The zero-order valence-electron chi connectivity index (χ0n) is 16.6. The van der Waals surface area contributed by atoms with Gasteiger partial charge in [-0.1, -0.05) is 60.1 Å². The van der Waals surface area contributed by atoms with Gasteiger partial charge in [0.15, 0.2) is 0 Å². The first-order valence-electron chi connectivity index (χ1n) is 8.07. The maximum Gasteiger partial charge on any atom is 4.00 e. The predicted molar refractivity (Wildman–Crippen MR) is 99.5 cm³/mol. The van der Waals surface area contributed by atoms with Crippen molar-refractivity contribution in [1.29, 1.82) is 0 Å². The normalized spacial score (nSPS) is 9.44. The molecule has 25 heavy (non-hydrogen) atoms. The molecule has 0 amide bonds. The largest absolute Gasteiger partial charge is 4.00 e. The number of rotatable bonds is 0. The summed E-state index contributed by atoms with van der Waals surface area (Å²) >= 11 is 0. The average Bonchev–Trinajstić information content (AvgIpc) is 2.96. The van der Waals surface area contributed by atoms with Crippen LogP contribution in [0.15, 0.2) is 24.3 Å². The van der Waals surface area contributed by atoms with E-state index in [1.807, 2.05) is 0 Å². The molecule has 3 aromatic carbocycles. The van der Waals surface area contributed by atoms with E-state index in [0.29, 0.717) is 0 Å². The fraction of sp³-hybridized carbons (Fsp3) is 0.364. The number of hydrogen-bond donors (Lipinski definition) is 0. The van der Waals surface area contributed by atoms with Gasteiger partial charge in [0.2, 0.25) is 0 Å². The molecule has 0 saturated heterocycles. The summed E-state index contributed by atoms with van der Waals surface area (Å²) in [6.45, 7) is 17.5. The van der Waals surface area contributed by atoms with Crippen molar-refractivity contribution in [2.24, 2.45) is 0 Å². The maximum absolute atomic E-state index is 2.26. The van der Waals surface area contributed by atoms with E-state index >= 15 is 0 Å². The molecule has 0 bridgehead atoms. The zero-order chi connectivity index (χ0) is 16.6. The van der Waals surface area contributed by atoms with E-state index in [2.05, 4.69) is 79.7 Å². The van der Waals surface area contributed by atoms with Crippen LogP contribution in [0.3, 0.4) is 0 Å². The molecule has 134 valence electrons. The molecule has 3 rings (SSSR count). The Morgan fingerprint density at radius 3 is 1.56 bits per heavy atom. The Balaban J connectivity index is 0. The summed E-state index contributed by atoms with van der Waals surface area (Å²) < 4.78 is 0. The molecule has 0 heterocycles. The molecule has 0 aliphatic rings. The van der Waals surface area contributed by atoms with Gasteiger partial charge in [-0.2, -0.15) is 33.9 Å². The summed E-state index contributed by atoms with van der Waals surface area (Å²) in [7, 11) is 0. The standard InChI is InChI=1S/C12H13.C10H15.2FH.Zr/c1-8-6-11-9(2)4-5-10(3)12(11)7-8;1-6-7(2)9(4)10(5)8(6)3;;;/h4-7H,1-3H3;1-5H3;2*1H;/q2*-1;;;+4/p-2. The Kier molecular flexibility index (Phi) is 10.6. The van der Waals surface area contributed by atoms with Crippen LogP contribution in [0.4, 0.5) is 0 Å². The third-order valence-corrected chi connectivity index (χ3v) is 5.28. The Morgan fingerprint density at radius 2 is 1.20 bits per heavy atom. The molecule has 0 spiro atoms. The van der Waals surface area contributed by atoms with Gasteiger partial charge in [-0.25, -0.2) is 0 Å². The van der Waals surface area contributed by atoms with Crippen LogP contribution in [0.5, 0.6) is 0 Å². The quantitative estimate of drug-likeness (QED) is 0.462. The van der Waals surface area contributed by atoms with Gasteiger partial charge in [0.25, 0.3) is 0 Å². The molecule has 0 aliphatic carbocycles. The summed E-state index contributed by atoms with van der Waals surface area (Å²) in [5.74, 6) is 0. The number of aryl methyl sites for hydroxylation is 3. The minimum absolute atomic E-state index is 0. The van der Waals surface area contributed by atoms with Crippen molar-refractivity contribution in [3.8, 4) is 0 Å². The van der Waals surface area contributed by atoms with Crippen molar-refractivity contribution in [2.45, 2.75) is 55.4 Å². The Hall–Kier alpha value is -1.08. The van der Waals surface area contributed by atoms with Crippen molar-refractivity contribution in [3.05, 3.63) is 68.8 Å². The number of fused-ring (bicyclic) bond motifs is 1. The van der Waals surface area contributed by atoms with E-state index < -0.39 is 0 Å². The van der Waals surface area contributed by atoms with Gasteiger partial charge in [0.1, 0.15) is 0 Å². The van der Waals surface area contributed by atoms with E-state index in [0.717, 1.165) is 0 Å². The SMILES string of the molecule is Cc1c(C)c(C)[c-](C)c1C.Cc1cc2c(C)ccc(C)c2[cH-]1.[F-].[F-].[Zr+4]. The minimum Gasteiger partial charge on any atom is -1.00 e. The topological polar surface area (TPSA) is 0 Å². The van der Waals surface area contributed by atoms with Crippen molar-refractivity contribution < 1.29 is 35.6 Å². The molecule has 0 fully saturated rings. The van der Waals surface area contributed by atoms with Crippen molar-refractivity contribution in [1.82, 2.24) is 0 Å². The third-order valence-electron chi connectivity index (χ3n) is 5.28. The van der Waals surface area contributed by atoms with Gasteiger partial charge >= 0.3 is 26.2 Å². The van der Waals surface area contributed by atoms with Gasteiger partial charge in [-0.15, -0.1) is 34.0 Å². The summed E-state index contributed by atoms with van der Waals surface area (Å²) in [4.78, 5) is 0. The number of hydrogen-bond acceptors (Lipinski definition) is 0. The van der Waals surface area contributed by atoms with Crippen molar-refractivity contribution >= 4 is 10.8 Å². The first-order chi connectivity index (χ1) is 10.2. The van der Waals surface area contributed by atoms with E-state index in [1.165, 1.54) is 55.3 Å². The maximum atomic E-state index is 2.26. The molecule has 3 heteroatoms. The smallest absolute Gasteiger partial charge is 1.00 e. The molecule has 3 aromatic rings. The second kappa shape index (κ2) is 10.2. The monoisotopic (exact) mass is 420 g/mol. The van der Waals surface area contributed by atoms with Crippen LogP contribution in [-0.2, 0) is 26.2 Å². The molecule has 0 aliphatic heterocycles. The molecule has 0 aromatic heterocycles. The first-order valence-corrected chi connectivity index (χ1v) is 8.07. The molecule has 0 N–H and O–H groups in total. The third kappa shape index (κ3) is 5.20. The Morgan fingerprint density at radius 1 is 0.760 bits per heavy atom. The van der Waals surface area contributed by atoms with Crippen LogP contribution < -0.4 is 9.41 Å². The number of benzene rings is 1. The first kappa shape index (κ1) is 26.2. The minimum atomic E-state index is 0.